The van der Waals surface area contributed by atoms with Gasteiger partial charge in [-0.05, 0) is 48.4 Å². The lowest BCUT2D eigenvalue weighted by molar-refractivity contribution is 0.254. The van der Waals surface area contributed by atoms with E-state index in [1.165, 1.54) is 6.07 Å². The van der Waals surface area contributed by atoms with Crippen molar-refractivity contribution in [2.24, 2.45) is 0 Å². The molecule has 0 radical (unpaired) electrons. The van der Waals surface area contributed by atoms with Crippen molar-refractivity contribution in [3.8, 4) is 11.3 Å². The molecule has 0 spiro atoms. The highest BCUT2D eigenvalue weighted by Gasteiger charge is 2.23. The van der Waals surface area contributed by atoms with Crippen LogP contribution in [0.2, 0.25) is 0 Å². The molecule has 2 aromatic heterocycles. The maximum atomic E-state index is 15.1. The number of nitrogens with zero attached hydrogens (tertiary/aromatic N) is 4. The first-order valence-corrected chi connectivity index (χ1v) is 14.4. The zero-order valence-corrected chi connectivity index (χ0v) is 22.0. The van der Waals surface area contributed by atoms with Gasteiger partial charge in [-0.25, -0.2) is 32.2 Å². The minimum Gasteiger partial charge on any atom is -0.350 e. The monoisotopic (exact) mass is 529 g/mol. The van der Waals surface area contributed by atoms with Crippen LogP contribution in [0.1, 0.15) is 44.6 Å². The molecule has 0 bridgehead atoms. The summed E-state index contributed by atoms with van der Waals surface area (Å²) in [6.45, 7) is 6.49. The number of hydrogen-bond donors (Lipinski definition) is 3. The van der Waals surface area contributed by atoms with Crippen LogP contribution >= 0.6 is 0 Å². The number of alkyl halides is 1. The fourth-order valence-electron chi connectivity index (χ4n) is 4.86. The Morgan fingerprint density at radius 2 is 1.97 bits per heavy atom. The molecule has 11 heteroatoms. The normalized spacial score (nSPS) is 22.3. The average molecular weight is 530 g/mol. The van der Waals surface area contributed by atoms with E-state index >= 15 is 4.39 Å². The molecule has 3 atom stereocenters. The van der Waals surface area contributed by atoms with Crippen LogP contribution in [0.4, 0.5) is 20.4 Å². The topological polar surface area (TPSA) is 95.1 Å². The summed E-state index contributed by atoms with van der Waals surface area (Å²) < 4.78 is 46.4. The minimum atomic E-state index is -2.80. The lowest BCUT2D eigenvalue weighted by Crippen LogP contribution is -2.44. The van der Waals surface area contributed by atoms with Gasteiger partial charge in [-0.15, -0.1) is 0 Å². The maximum Gasteiger partial charge on any atom is 0.223 e. The fourth-order valence-corrected chi connectivity index (χ4v) is 6.35. The van der Waals surface area contributed by atoms with Crippen LogP contribution in [0.3, 0.4) is 0 Å². The van der Waals surface area contributed by atoms with Crippen molar-refractivity contribution < 1.29 is 13.0 Å². The zero-order valence-electron chi connectivity index (χ0n) is 21.1. The predicted octanol–water partition coefficient (Wildman–Crippen LogP) is 4.12. The van der Waals surface area contributed by atoms with Crippen molar-refractivity contribution in [1.82, 2.24) is 24.6 Å². The Kier molecular flexibility index (Phi) is 7.28. The molecular weight excluding hydrogens is 496 g/mol. The number of aromatic nitrogens is 3. The smallest absolute Gasteiger partial charge is 0.223 e. The number of rotatable bonds is 7. The number of halogens is 2. The van der Waals surface area contributed by atoms with Gasteiger partial charge in [-0.2, -0.15) is 0 Å². The highest BCUT2D eigenvalue weighted by atomic mass is 32.2. The summed E-state index contributed by atoms with van der Waals surface area (Å²) in [5, 5.41) is 6.30. The van der Waals surface area contributed by atoms with Crippen molar-refractivity contribution in [3.63, 3.8) is 0 Å². The van der Waals surface area contributed by atoms with E-state index in [9.17, 15) is 8.60 Å². The van der Waals surface area contributed by atoms with Crippen molar-refractivity contribution in [2.45, 2.75) is 51.2 Å². The third kappa shape index (κ3) is 5.68. The first-order chi connectivity index (χ1) is 17.7. The van der Waals surface area contributed by atoms with Crippen molar-refractivity contribution in [2.75, 3.05) is 36.2 Å². The molecule has 2 aliphatic heterocycles. The highest BCUT2D eigenvalue weighted by Crippen LogP contribution is 2.31. The summed E-state index contributed by atoms with van der Waals surface area (Å²) in [6.07, 6.45) is 3.06. The van der Waals surface area contributed by atoms with E-state index in [1.807, 2.05) is 6.07 Å². The summed E-state index contributed by atoms with van der Waals surface area (Å²) >= 11 is 0. The van der Waals surface area contributed by atoms with Crippen molar-refractivity contribution in [1.29, 1.82) is 0 Å². The highest BCUT2D eigenvalue weighted by molar-refractivity contribution is 7.99. The molecule has 2 saturated heterocycles. The number of piperidine rings is 1. The average Bonchev–Trinajstić information content (AvgIpc) is 3.41. The Bertz CT molecular complexity index is 1390. The van der Waals surface area contributed by atoms with Crippen LogP contribution < -0.4 is 15.4 Å². The third-order valence-electron chi connectivity index (χ3n) is 6.84. The molecule has 3 N–H and O–H groups in total. The van der Waals surface area contributed by atoms with Crippen LogP contribution in [-0.4, -0.2) is 67.7 Å². The van der Waals surface area contributed by atoms with Crippen molar-refractivity contribution >= 4 is 38.4 Å². The second kappa shape index (κ2) is 10.5. The van der Waals surface area contributed by atoms with Crippen molar-refractivity contribution in [3.05, 3.63) is 41.8 Å². The van der Waals surface area contributed by atoms with E-state index in [4.69, 9.17) is 9.97 Å². The quantitative estimate of drug-likeness (QED) is 0.399. The molecule has 0 amide bonds. The first-order valence-electron chi connectivity index (χ1n) is 12.7. The van der Waals surface area contributed by atoms with E-state index in [-0.39, 0.29) is 17.6 Å². The standard InChI is InChI=1S/C26H33F2N7OS/c1-16(2)20-12-23(17-6-7-22(21(28)10-17)34-37(3,36)35-8-4-5-9-35)32-24-15-30-26(33-25(20)24)31-19-11-18(27)13-29-14-19/h6-7,10,12,15-16,18-19,29H,3-5,8-9,11,13-14H2,1-2H3,(H,34,36)(H,30,31,33)/t18-,19-,37?/m0/s1. The number of fused-ring (bicyclic) bond motifs is 1. The second-order valence-electron chi connectivity index (χ2n) is 10.1. The third-order valence-corrected chi connectivity index (χ3v) is 8.58. The first kappa shape index (κ1) is 25.7. The van der Waals surface area contributed by atoms with Gasteiger partial charge in [-0.1, -0.05) is 19.9 Å². The SMILES string of the molecule is C=S(=O)(Nc1ccc(-c2cc(C(C)C)c3nc(N[C@@H]4CNC[C@@H](F)C4)ncc3n2)cc1F)N1CCCC1. The minimum absolute atomic E-state index is 0.0930. The van der Waals surface area contributed by atoms with Gasteiger partial charge in [0.2, 0.25) is 5.95 Å². The molecule has 0 aliphatic carbocycles. The summed E-state index contributed by atoms with van der Waals surface area (Å²) in [7, 11) is -2.80. The van der Waals surface area contributed by atoms with Crippen LogP contribution in [0, 0.1) is 5.82 Å². The number of benzene rings is 1. The van der Waals surface area contributed by atoms with Gasteiger partial charge in [0.25, 0.3) is 0 Å². The molecule has 1 unspecified atom stereocenters. The Labute approximate surface area is 216 Å². The molecule has 2 fully saturated rings. The van der Waals surface area contributed by atoms with Gasteiger partial charge in [-0.3, -0.25) is 4.72 Å². The van der Waals surface area contributed by atoms with Gasteiger partial charge in [0.15, 0.2) is 0 Å². The van der Waals surface area contributed by atoms with E-state index in [0.717, 1.165) is 18.4 Å². The number of nitrogens with one attached hydrogen (secondary N) is 3. The predicted molar refractivity (Wildman–Crippen MR) is 146 cm³/mol. The van der Waals surface area contributed by atoms with Crippen LogP contribution in [0.25, 0.3) is 22.3 Å². The Hall–Kier alpha value is -2.89. The molecule has 3 aromatic rings. The molecule has 4 heterocycles. The van der Waals surface area contributed by atoms with Gasteiger partial charge in [0, 0.05) is 44.2 Å². The Balaban J connectivity index is 1.43. The molecule has 8 nitrogen and oxygen atoms in total. The number of hydrogen-bond acceptors (Lipinski definition) is 6. The maximum absolute atomic E-state index is 15.1. The lowest BCUT2D eigenvalue weighted by Gasteiger charge is -2.26. The Morgan fingerprint density at radius 3 is 2.68 bits per heavy atom. The van der Waals surface area contributed by atoms with E-state index in [2.05, 4.69) is 40.1 Å². The number of pyridine rings is 1. The fraction of sp³-hybridized carbons (Fsp3) is 0.462. The van der Waals surface area contributed by atoms with Crippen LogP contribution in [0.15, 0.2) is 30.5 Å². The van der Waals surface area contributed by atoms with Gasteiger partial charge in [0.1, 0.15) is 27.4 Å². The number of anilines is 2. The molecule has 198 valence electrons. The van der Waals surface area contributed by atoms with E-state index < -0.39 is 21.9 Å². The molecule has 1 aromatic carbocycles. The molecular formula is C26H33F2N7OS. The lowest BCUT2D eigenvalue weighted by atomic mass is 9.99. The van der Waals surface area contributed by atoms with E-state index in [1.54, 1.807) is 22.6 Å². The summed E-state index contributed by atoms with van der Waals surface area (Å²) in [4.78, 5) is 13.8. The molecule has 5 rings (SSSR count). The molecule has 37 heavy (non-hydrogen) atoms. The van der Waals surface area contributed by atoms with Crippen LogP contribution in [-0.2, 0) is 9.89 Å². The van der Waals surface area contributed by atoms with E-state index in [0.29, 0.717) is 60.8 Å². The summed E-state index contributed by atoms with van der Waals surface area (Å²) in [6, 6.07) is 6.54. The zero-order chi connectivity index (χ0) is 26.2. The Morgan fingerprint density at radius 1 is 1.19 bits per heavy atom. The second-order valence-corrected chi connectivity index (χ2v) is 12.1. The summed E-state index contributed by atoms with van der Waals surface area (Å²) in [5.74, 6) is 3.84. The largest absolute Gasteiger partial charge is 0.350 e. The molecule has 0 saturated carbocycles. The van der Waals surface area contributed by atoms with Gasteiger partial charge in [0.05, 0.1) is 23.1 Å². The summed E-state index contributed by atoms with van der Waals surface area (Å²) in [5.41, 5.74) is 3.58. The van der Waals surface area contributed by atoms with Crippen LogP contribution in [0.5, 0.6) is 0 Å². The molecule has 2 aliphatic rings. The van der Waals surface area contributed by atoms with Gasteiger partial charge >= 0.3 is 0 Å². The van der Waals surface area contributed by atoms with Gasteiger partial charge < -0.3 is 10.6 Å².